The van der Waals surface area contributed by atoms with Gasteiger partial charge in [-0.15, -0.1) is 0 Å². The van der Waals surface area contributed by atoms with E-state index < -0.39 is 11.6 Å². The number of rotatable bonds is 4. The van der Waals surface area contributed by atoms with Gasteiger partial charge in [-0.25, -0.2) is 18.6 Å². The monoisotopic (exact) mass is 424 g/mol. The molecule has 3 rings (SSSR count). The zero-order valence-electron chi connectivity index (χ0n) is 15.7. The lowest BCUT2D eigenvalue weighted by Crippen LogP contribution is -2.48. The van der Waals surface area contributed by atoms with Crippen molar-refractivity contribution in [2.75, 3.05) is 25.5 Å². The summed E-state index contributed by atoms with van der Waals surface area (Å²) in [5, 5.41) is 3.69. The Labute approximate surface area is 173 Å². The van der Waals surface area contributed by atoms with Gasteiger partial charge in [0.1, 0.15) is 21.6 Å². The summed E-state index contributed by atoms with van der Waals surface area (Å²) in [6.07, 6.45) is 3.42. The highest BCUT2D eigenvalue weighted by Gasteiger charge is 2.27. The van der Waals surface area contributed by atoms with Crippen LogP contribution in [0.25, 0.3) is 10.6 Å². The summed E-state index contributed by atoms with van der Waals surface area (Å²) >= 11 is 1.15. The van der Waals surface area contributed by atoms with Crippen LogP contribution in [0.3, 0.4) is 0 Å². The largest absolute Gasteiger partial charge is 0.343 e. The van der Waals surface area contributed by atoms with Crippen molar-refractivity contribution in [1.82, 2.24) is 14.8 Å². The topological polar surface area (TPSA) is 65.5 Å². The van der Waals surface area contributed by atoms with Crippen LogP contribution in [-0.4, -0.2) is 52.9 Å². The molecule has 0 atom stereocenters. The summed E-state index contributed by atoms with van der Waals surface area (Å²) < 4.78 is 26.8. The Morgan fingerprint density at radius 1 is 1.24 bits per heavy atom. The van der Waals surface area contributed by atoms with E-state index in [1.165, 1.54) is 18.3 Å². The van der Waals surface area contributed by atoms with Gasteiger partial charge < -0.3 is 9.80 Å². The first-order chi connectivity index (χ1) is 13.4. The van der Waals surface area contributed by atoms with Gasteiger partial charge in [0.2, 0.25) is 5.91 Å². The average molecular weight is 425 g/mol. The predicted molar refractivity (Wildman–Crippen MR) is 111 cm³/mol. The maximum Gasteiger partial charge on any atom is 0.322 e. The fourth-order valence-corrected chi connectivity index (χ4v) is 4.02. The Morgan fingerprint density at radius 3 is 2.45 bits per heavy atom. The summed E-state index contributed by atoms with van der Waals surface area (Å²) in [6.45, 7) is 3.13. The van der Waals surface area contributed by atoms with Crippen molar-refractivity contribution < 1.29 is 18.4 Å². The number of urea groups is 1. The number of halogens is 2. The molecule has 0 unspecified atom stereocenters. The number of benzene rings is 1. The molecular weight excluding hydrogens is 398 g/mol. The maximum absolute atomic E-state index is 13.4. The van der Waals surface area contributed by atoms with E-state index >= 15 is 0 Å². The zero-order valence-corrected chi connectivity index (χ0v) is 16.6. The Kier molecular flexibility index (Phi) is 7.66. The quantitative estimate of drug-likeness (QED) is 0.781. The highest BCUT2D eigenvalue weighted by Crippen LogP contribution is 2.30. The first kappa shape index (κ1) is 22.7. The molecule has 2 aromatic rings. The summed E-state index contributed by atoms with van der Waals surface area (Å²) in [5.41, 5.74) is 0.323. The van der Waals surface area contributed by atoms with Crippen LogP contribution in [0, 0.1) is 11.6 Å². The molecule has 1 saturated heterocycles. The minimum Gasteiger partial charge on any atom is -0.343 e. The van der Waals surface area contributed by atoms with Gasteiger partial charge in [0.25, 0.3) is 0 Å². The Bertz CT molecular complexity index is 846. The van der Waals surface area contributed by atoms with Crippen LogP contribution in [0.4, 0.5) is 18.6 Å². The normalized spacial score (nSPS) is 14.3. The first-order valence-electron chi connectivity index (χ1n) is 9.11. The van der Waals surface area contributed by atoms with Crippen molar-refractivity contribution in [1.29, 1.82) is 0 Å². The lowest BCUT2D eigenvalue weighted by molar-refractivity contribution is -0.132. The number of likely N-dealkylation sites (tertiary alicyclic amines) is 1. The van der Waals surface area contributed by atoms with Gasteiger partial charge >= 0.3 is 6.03 Å². The van der Waals surface area contributed by atoms with Gasteiger partial charge in [-0.3, -0.25) is 10.1 Å². The second kappa shape index (κ2) is 9.78. The SMILES string of the molecule is C.CCC(=O)N1CCC(N(C)C(=O)Nc2cnc(-c3cc(F)cc(F)c3)s2)CC1. The lowest BCUT2D eigenvalue weighted by atomic mass is 10.0. The molecule has 1 aliphatic rings. The summed E-state index contributed by atoms with van der Waals surface area (Å²) in [7, 11) is 1.72. The van der Waals surface area contributed by atoms with Crippen molar-refractivity contribution >= 4 is 28.3 Å². The van der Waals surface area contributed by atoms with Gasteiger partial charge in [0.15, 0.2) is 0 Å². The zero-order chi connectivity index (χ0) is 20.3. The molecule has 1 N–H and O–H groups in total. The van der Waals surface area contributed by atoms with Gasteiger partial charge in [-0.1, -0.05) is 25.7 Å². The third kappa shape index (κ3) is 5.50. The molecule has 3 amide bonds. The van der Waals surface area contributed by atoms with E-state index in [2.05, 4.69) is 10.3 Å². The highest BCUT2D eigenvalue weighted by molar-refractivity contribution is 7.19. The molecule has 1 aromatic heterocycles. The molecule has 29 heavy (non-hydrogen) atoms. The van der Waals surface area contributed by atoms with Gasteiger partial charge in [-0.2, -0.15) is 0 Å². The smallest absolute Gasteiger partial charge is 0.322 e. The number of piperidine rings is 1. The number of nitrogens with zero attached hydrogens (tertiary/aromatic N) is 3. The van der Waals surface area contributed by atoms with E-state index in [4.69, 9.17) is 0 Å². The summed E-state index contributed by atoms with van der Waals surface area (Å²) in [4.78, 5) is 31.9. The molecule has 2 heterocycles. The molecule has 0 aliphatic carbocycles. The number of nitrogens with one attached hydrogen (secondary N) is 1. The Balaban J connectivity index is 0.00000300. The number of hydrogen-bond donors (Lipinski definition) is 1. The molecular formula is C20H26F2N4O2S. The third-order valence-electron chi connectivity index (χ3n) is 4.83. The second-order valence-electron chi connectivity index (χ2n) is 6.69. The number of amides is 3. The first-order valence-corrected chi connectivity index (χ1v) is 9.93. The van der Waals surface area contributed by atoms with Crippen molar-refractivity contribution in [3.8, 4) is 10.6 Å². The van der Waals surface area contributed by atoms with Crippen LogP contribution in [-0.2, 0) is 4.79 Å². The van der Waals surface area contributed by atoms with Crippen molar-refractivity contribution in [2.24, 2.45) is 0 Å². The molecule has 1 aliphatic heterocycles. The van der Waals surface area contributed by atoms with Gasteiger partial charge in [0, 0.05) is 44.2 Å². The number of thiazole rings is 1. The van der Waals surface area contributed by atoms with Crippen molar-refractivity contribution in [3.63, 3.8) is 0 Å². The number of anilines is 1. The Morgan fingerprint density at radius 2 is 1.86 bits per heavy atom. The molecule has 0 radical (unpaired) electrons. The van der Waals surface area contributed by atoms with E-state index in [0.29, 0.717) is 35.1 Å². The molecule has 1 aromatic carbocycles. The lowest BCUT2D eigenvalue weighted by Gasteiger charge is -2.36. The van der Waals surface area contributed by atoms with Gasteiger partial charge in [0.05, 0.1) is 6.20 Å². The Hall–Kier alpha value is -2.55. The molecule has 1 fully saturated rings. The summed E-state index contributed by atoms with van der Waals surface area (Å²) in [6, 6.07) is 2.97. The number of carbonyl (C=O) groups is 2. The molecule has 158 valence electrons. The van der Waals surface area contributed by atoms with Crippen molar-refractivity contribution in [3.05, 3.63) is 36.0 Å². The van der Waals surface area contributed by atoms with E-state index in [1.807, 2.05) is 11.8 Å². The van der Waals surface area contributed by atoms with E-state index in [0.717, 1.165) is 30.2 Å². The van der Waals surface area contributed by atoms with E-state index in [9.17, 15) is 18.4 Å². The van der Waals surface area contributed by atoms with Crippen LogP contribution in [0.5, 0.6) is 0 Å². The van der Waals surface area contributed by atoms with Crippen LogP contribution in [0.2, 0.25) is 0 Å². The standard InChI is InChI=1S/C19H22F2N4O2S.CH4/c1-3-17(26)25-6-4-15(5-7-25)24(2)19(27)23-16-11-22-18(28-16)12-8-13(20)10-14(21)9-12;/h8-11,15H,3-7H2,1-2H3,(H,23,27);1H4. The van der Waals surface area contributed by atoms with Crippen LogP contribution in [0.15, 0.2) is 24.4 Å². The van der Waals surface area contributed by atoms with Crippen LogP contribution >= 0.6 is 11.3 Å². The highest BCUT2D eigenvalue weighted by atomic mass is 32.1. The molecule has 6 nitrogen and oxygen atoms in total. The van der Waals surface area contributed by atoms with E-state index in [-0.39, 0.29) is 25.4 Å². The van der Waals surface area contributed by atoms with Crippen LogP contribution < -0.4 is 5.32 Å². The van der Waals surface area contributed by atoms with Gasteiger partial charge in [-0.05, 0) is 25.0 Å². The van der Waals surface area contributed by atoms with Crippen molar-refractivity contribution in [2.45, 2.75) is 39.7 Å². The minimum atomic E-state index is -0.677. The number of carbonyl (C=O) groups excluding carboxylic acids is 2. The van der Waals surface area contributed by atoms with Crippen LogP contribution in [0.1, 0.15) is 33.6 Å². The number of hydrogen-bond acceptors (Lipinski definition) is 4. The minimum absolute atomic E-state index is 0. The fourth-order valence-electron chi connectivity index (χ4n) is 3.23. The third-order valence-corrected chi connectivity index (χ3v) is 5.79. The second-order valence-corrected chi connectivity index (χ2v) is 7.73. The predicted octanol–water partition coefficient (Wildman–Crippen LogP) is 4.59. The molecule has 0 saturated carbocycles. The molecule has 9 heteroatoms. The molecule has 0 spiro atoms. The average Bonchev–Trinajstić information content (AvgIpc) is 3.14. The molecule has 0 bridgehead atoms. The van der Waals surface area contributed by atoms with E-state index in [1.54, 1.807) is 11.9 Å². The maximum atomic E-state index is 13.4. The summed E-state index contributed by atoms with van der Waals surface area (Å²) in [5.74, 6) is -1.22. The fraction of sp³-hybridized carbons (Fsp3) is 0.450. The number of aromatic nitrogens is 1.